The molecule has 24 heavy (non-hydrogen) atoms. The number of nitrogens with zero attached hydrogens (tertiary/aromatic N) is 1. The number of rotatable bonds is 7. The van der Waals surface area contributed by atoms with E-state index in [4.69, 9.17) is 16.3 Å². The van der Waals surface area contributed by atoms with E-state index in [0.717, 1.165) is 12.8 Å². The average Bonchev–Trinajstić information content (AvgIpc) is 2.88. The second-order valence-corrected chi connectivity index (χ2v) is 8.50. The van der Waals surface area contributed by atoms with Gasteiger partial charge in [0.05, 0.1) is 16.5 Å². The third-order valence-electron chi connectivity index (χ3n) is 3.98. The van der Waals surface area contributed by atoms with E-state index in [-0.39, 0.29) is 35.1 Å². The normalized spacial score (nSPS) is 19.2. The summed E-state index contributed by atoms with van der Waals surface area (Å²) < 4.78 is 41.8. The Balaban J connectivity index is 2.00. The van der Waals surface area contributed by atoms with Crippen LogP contribution in [0.15, 0.2) is 18.2 Å². The highest BCUT2D eigenvalue weighted by atomic mass is 35.5. The van der Waals surface area contributed by atoms with E-state index in [2.05, 4.69) is 0 Å². The molecule has 1 fully saturated rings. The minimum absolute atomic E-state index is 0.00479. The summed E-state index contributed by atoms with van der Waals surface area (Å²) in [5.41, 5.74) is 0. The van der Waals surface area contributed by atoms with Crippen molar-refractivity contribution in [3.05, 3.63) is 29.0 Å². The van der Waals surface area contributed by atoms with Crippen LogP contribution in [0.3, 0.4) is 0 Å². The van der Waals surface area contributed by atoms with Crippen LogP contribution in [0.25, 0.3) is 0 Å². The number of hydrogen-bond acceptors (Lipinski definition) is 4. The van der Waals surface area contributed by atoms with Crippen molar-refractivity contribution in [3.8, 4) is 5.75 Å². The van der Waals surface area contributed by atoms with Crippen LogP contribution in [-0.4, -0.2) is 49.9 Å². The first-order chi connectivity index (χ1) is 11.3. The van der Waals surface area contributed by atoms with Crippen molar-refractivity contribution in [2.45, 2.75) is 32.2 Å². The maximum atomic E-state index is 13.1. The van der Waals surface area contributed by atoms with Crippen LogP contribution in [-0.2, 0) is 14.6 Å². The molecule has 5 nitrogen and oxygen atoms in total. The predicted octanol–water partition coefficient (Wildman–Crippen LogP) is 2.67. The van der Waals surface area contributed by atoms with Gasteiger partial charge in [0.15, 0.2) is 16.4 Å². The number of hydrogen-bond donors (Lipinski definition) is 0. The fraction of sp³-hybridized carbons (Fsp3) is 0.562. The van der Waals surface area contributed by atoms with E-state index in [1.807, 2.05) is 6.92 Å². The summed E-state index contributed by atoms with van der Waals surface area (Å²) in [5.74, 6) is -0.418. The largest absolute Gasteiger partial charge is 0.484 e. The number of sulfone groups is 1. The highest BCUT2D eigenvalue weighted by molar-refractivity contribution is 7.91. The SMILES string of the molecule is CCCCN(C(=O)COc1ccc(F)c(Cl)c1)C1CCS(=O)(=O)C1. The standard InChI is InChI=1S/C16H21ClFNO4S/c1-2-3-7-19(12-6-8-24(21,22)11-12)16(20)10-23-13-4-5-15(18)14(17)9-13/h4-5,9,12H,2-3,6-8,10-11H2,1H3. The van der Waals surface area contributed by atoms with Crippen LogP contribution in [0.5, 0.6) is 5.75 Å². The molecule has 1 saturated heterocycles. The van der Waals surface area contributed by atoms with Crippen molar-refractivity contribution in [3.63, 3.8) is 0 Å². The smallest absolute Gasteiger partial charge is 0.260 e. The molecule has 0 spiro atoms. The van der Waals surface area contributed by atoms with Gasteiger partial charge in [-0.25, -0.2) is 12.8 Å². The molecule has 0 saturated carbocycles. The van der Waals surface area contributed by atoms with Crippen molar-refractivity contribution in [2.24, 2.45) is 0 Å². The maximum Gasteiger partial charge on any atom is 0.260 e. The molecule has 1 aliphatic heterocycles. The molecule has 0 aliphatic carbocycles. The summed E-state index contributed by atoms with van der Waals surface area (Å²) in [7, 11) is -3.07. The summed E-state index contributed by atoms with van der Waals surface area (Å²) >= 11 is 5.68. The van der Waals surface area contributed by atoms with Crippen molar-refractivity contribution < 1.29 is 22.3 Å². The number of carbonyl (C=O) groups is 1. The van der Waals surface area contributed by atoms with E-state index in [1.54, 1.807) is 4.90 Å². The second-order valence-electron chi connectivity index (χ2n) is 5.86. The zero-order valence-corrected chi connectivity index (χ0v) is 15.1. The molecule has 0 aromatic heterocycles. The van der Waals surface area contributed by atoms with Crippen LogP contribution in [0, 0.1) is 5.82 Å². The molecule has 1 heterocycles. The van der Waals surface area contributed by atoms with Gasteiger partial charge in [-0.2, -0.15) is 0 Å². The van der Waals surface area contributed by atoms with E-state index in [1.165, 1.54) is 18.2 Å². The number of halogens is 2. The highest BCUT2D eigenvalue weighted by Gasteiger charge is 2.34. The minimum atomic E-state index is -3.07. The van der Waals surface area contributed by atoms with Gasteiger partial charge in [-0.3, -0.25) is 4.79 Å². The fourth-order valence-corrected chi connectivity index (χ4v) is 4.56. The Bertz CT molecular complexity index is 695. The van der Waals surface area contributed by atoms with Gasteiger partial charge >= 0.3 is 0 Å². The third kappa shape index (κ3) is 5.08. The quantitative estimate of drug-likeness (QED) is 0.732. The molecule has 134 valence electrons. The molecule has 1 aliphatic rings. The van der Waals surface area contributed by atoms with Gasteiger partial charge in [-0.1, -0.05) is 24.9 Å². The van der Waals surface area contributed by atoms with Gasteiger partial charge in [0, 0.05) is 18.7 Å². The first-order valence-electron chi connectivity index (χ1n) is 7.90. The maximum absolute atomic E-state index is 13.1. The van der Waals surface area contributed by atoms with Crippen LogP contribution in [0.1, 0.15) is 26.2 Å². The third-order valence-corrected chi connectivity index (χ3v) is 6.02. The molecule has 2 rings (SSSR count). The van der Waals surface area contributed by atoms with Crippen LogP contribution in [0.4, 0.5) is 4.39 Å². The molecular weight excluding hydrogens is 357 g/mol. The fourth-order valence-electron chi connectivity index (χ4n) is 2.66. The zero-order valence-electron chi connectivity index (χ0n) is 13.5. The lowest BCUT2D eigenvalue weighted by Crippen LogP contribution is -2.44. The number of ether oxygens (including phenoxy) is 1. The minimum Gasteiger partial charge on any atom is -0.484 e. The Labute approximate surface area is 146 Å². The zero-order chi connectivity index (χ0) is 17.7. The predicted molar refractivity (Wildman–Crippen MR) is 90.6 cm³/mol. The van der Waals surface area contributed by atoms with Gasteiger partial charge in [0.2, 0.25) is 0 Å². The summed E-state index contributed by atoms with van der Waals surface area (Å²) in [6.07, 6.45) is 2.16. The Morgan fingerprint density at radius 1 is 1.46 bits per heavy atom. The topological polar surface area (TPSA) is 63.7 Å². The van der Waals surface area contributed by atoms with Gasteiger partial charge in [-0.05, 0) is 25.0 Å². The second kappa shape index (κ2) is 8.16. The molecule has 1 unspecified atom stereocenters. The van der Waals surface area contributed by atoms with Crippen molar-refractivity contribution >= 4 is 27.3 Å². The lowest BCUT2D eigenvalue weighted by Gasteiger charge is -2.28. The van der Waals surface area contributed by atoms with Gasteiger partial charge in [0.1, 0.15) is 11.6 Å². The first kappa shape index (κ1) is 19.0. The lowest BCUT2D eigenvalue weighted by molar-refractivity contribution is -0.135. The van der Waals surface area contributed by atoms with Gasteiger partial charge in [0.25, 0.3) is 5.91 Å². The molecule has 0 bridgehead atoms. The molecule has 1 atom stereocenters. The number of benzene rings is 1. The molecule has 1 aromatic carbocycles. The van der Waals surface area contributed by atoms with Crippen molar-refractivity contribution in [1.29, 1.82) is 0 Å². The number of unbranched alkanes of at least 4 members (excludes halogenated alkanes) is 1. The monoisotopic (exact) mass is 377 g/mol. The van der Waals surface area contributed by atoms with E-state index in [0.29, 0.717) is 18.7 Å². The van der Waals surface area contributed by atoms with Crippen LogP contribution >= 0.6 is 11.6 Å². The molecule has 1 aromatic rings. The summed E-state index contributed by atoms with van der Waals surface area (Å²) in [6, 6.07) is 3.57. The Morgan fingerprint density at radius 3 is 2.79 bits per heavy atom. The Hall–Kier alpha value is -1.34. The van der Waals surface area contributed by atoms with Crippen molar-refractivity contribution in [1.82, 2.24) is 4.90 Å². The molecule has 0 N–H and O–H groups in total. The first-order valence-corrected chi connectivity index (χ1v) is 10.1. The molecule has 0 radical (unpaired) electrons. The molecule has 8 heteroatoms. The van der Waals surface area contributed by atoms with Gasteiger partial charge < -0.3 is 9.64 Å². The lowest BCUT2D eigenvalue weighted by atomic mass is 10.2. The number of amides is 1. The molecular formula is C16H21ClFNO4S. The Kier molecular flexibility index (Phi) is 6.46. The summed E-state index contributed by atoms with van der Waals surface area (Å²) in [6.45, 7) is 2.27. The van der Waals surface area contributed by atoms with Crippen molar-refractivity contribution in [2.75, 3.05) is 24.7 Å². The van der Waals surface area contributed by atoms with E-state index < -0.39 is 15.7 Å². The van der Waals surface area contributed by atoms with Crippen LogP contribution < -0.4 is 4.74 Å². The average molecular weight is 378 g/mol. The highest BCUT2D eigenvalue weighted by Crippen LogP contribution is 2.22. The summed E-state index contributed by atoms with van der Waals surface area (Å²) in [4.78, 5) is 14.1. The Morgan fingerprint density at radius 2 is 2.21 bits per heavy atom. The van der Waals surface area contributed by atoms with Crippen LogP contribution in [0.2, 0.25) is 5.02 Å². The molecule has 1 amide bonds. The van der Waals surface area contributed by atoms with E-state index >= 15 is 0 Å². The summed E-state index contributed by atoms with van der Waals surface area (Å²) in [5, 5.41) is -0.0790. The van der Waals surface area contributed by atoms with Gasteiger partial charge in [-0.15, -0.1) is 0 Å². The van der Waals surface area contributed by atoms with E-state index in [9.17, 15) is 17.6 Å². The number of carbonyl (C=O) groups excluding carboxylic acids is 1.